The van der Waals surface area contributed by atoms with E-state index in [9.17, 15) is 15.0 Å². The van der Waals surface area contributed by atoms with E-state index in [-0.39, 0.29) is 40.0 Å². The second kappa shape index (κ2) is 10.9. The van der Waals surface area contributed by atoms with Crippen molar-refractivity contribution in [1.82, 2.24) is 5.32 Å². The lowest BCUT2D eigenvalue weighted by atomic mass is 9.77. The lowest BCUT2D eigenvalue weighted by molar-refractivity contribution is -0.145. The molecule has 1 unspecified atom stereocenters. The lowest BCUT2D eigenvalue weighted by Gasteiger charge is -2.30. The Morgan fingerprint density at radius 1 is 0.711 bits per heavy atom. The molecule has 0 aliphatic rings. The van der Waals surface area contributed by atoms with E-state index < -0.39 is 6.04 Å². The van der Waals surface area contributed by atoms with Crippen LogP contribution in [0.25, 0.3) is 0 Å². The van der Waals surface area contributed by atoms with Gasteiger partial charge in [0.1, 0.15) is 17.5 Å². The van der Waals surface area contributed by atoms with Gasteiger partial charge >= 0.3 is 5.97 Å². The zero-order valence-corrected chi connectivity index (χ0v) is 26.0. The standard InChI is InChI=1S/C33H51NO4/c1-14-38-29(37)26(21-17-24(32(8,9)10)28(36)25(18-21)33(11,12)13)34-19-20-15-22(30(2,3)4)27(35)23(16-20)31(5,6)7/h15-18,26,34-36H,14,19H2,1-13H3. The van der Waals surface area contributed by atoms with E-state index in [0.29, 0.717) is 12.3 Å². The first kappa shape index (κ1) is 31.7. The van der Waals surface area contributed by atoms with Crippen LogP contribution in [-0.2, 0) is 37.7 Å². The van der Waals surface area contributed by atoms with Gasteiger partial charge in [-0.3, -0.25) is 5.32 Å². The summed E-state index contributed by atoms with van der Waals surface area (Å²) >= 11 is 0. The zero-order chi connectivity index (χ0) is 29.4. The molecule has 0 aromatic heterocycles. The molecule has 3 N–H and O–H groups in total. The van der Waals surface area contributed by atoms with Gasteiger partial charge in [-0.05, 0) is 74.1 Å². The Kier molecular flexibility index (Phi) is 9.10. The van der Waals surface area contributed by atoms with Gasteiger partial charge in [0.2, 0.25) is 0 Å². The highest BCUT2D eigenvalue weighted by atomic mass is 16.5. The molecule has 2 aromatic rings. The van der Waals surface area contributed by atoms with Crippen molar-refractivity contribution < 1.29 is 19.7 Å². The van der Waals surface area contributed by atoms with Crippen molar-refractivity contribution in [1.29, 1.82) is 0 Å². The van der Waals surface area contributed by atoms with E-state index >= 15 is 0 Å². The van der Waals surface area contributed by atoms with Gasteiger partial charge in [0, 0.05) is 6.54 Å². The number of hydrogen-bond acceptors (Lipinski definition) is 5. The molecule has 1 atom stereocenters. The van der Waals surface area contributed by atoms with Gasteiger partial charge in [0.15, 0.2) is 0 Å². The number of ether oxygens (including phenoxy) is 1. The van der Waals surface area contributed by atoms with Gasteiger partial charge in [-0.15, -0.1) is 0 Å². The van der Waals surface area contributed by atoms with Crippen LogP contribution in [0, 0.1) is 0 Å². The third kappa shape index (κ3) is 7.31. The second-order valence-electron chi connectivity index (χ2n) is 14.6. The van der Waals surface area contributed by atoms with Crippen molar-refractivity contribution in [2.75, 3.05) is 6.61 Å². The Balaban J connectivity index is 2.67. The smallest absolute Gasteiger partial charge is 0.327 e. The summed E-state index contributed by atoms with van der Waals surface area (Å²) in [7, 11) is 0. The Bertz CT molecular complexity index is 1080. The first-order valence-electron chi connectivity index (χ1n) is 13.7. The molecule has 0 aliphatic carbocycles. The molecule has 2 aromatic carbocycles. The predicted octanol–water partition coefficient (Wildman–Crippen LogP) is 7.68. The average molecular weight is 526 g/mol. The molecular weight excluding hydrogens is 474 g/mol. The number of aromatic hydroxyl groups is 2. The molecule has 0 spiro atoms. The maximum absolute atomic E-state index is 13.3. The Labute approximate surface area is 231 Å². The van der Waals surface area contributed by atoms with Crippen molar-refractivity contribution in [3.8, 4) is 11.5 Å². The summed E-state index contributed by atoms with van der Waals surface area (Å²) in [6, 6.07) is 7.19. The first-order chi connectivity index (χ1) is 17.1. The van der Waals surface area contributed by atoms with Crippen molar-refractivity contribution >= 4 is 5.97 Å². The molecule has 0 fully saturated rings. The fourth-order valence-electron chi connectivity index (χ4n) is 4.69. The molecule has 0 saturated carbocycles. The number of nitrogens with one attached hydrogen (secondary N) is 1. The Morgan fingerprint density at radius 3 is 1.37 bits per heavy atom. The molecule has 0 radical (unpaired) electrons. The van der Waals surface area contributed by atoms with Crippen molar-refractivity contribution in [2.45, 2.75) is 124 Å². The number of hydrogen-bond donors (Lipinski definition) is 3. The summed E-state index contributed by atoms with van der Waals surface area (Å²) in [5.74, 6) is 0.252. The molecular formula is C33H51NO4. The lowest BCUT2D eigenvalue weighted by Crippen LogP contribution is -2.31. The van der Waals surface area contributed by atoms with E-state index in [4.69, 9.17) is 4.74 Å². The molecule has 0 amide bonds. The van der Waals surface area contributed by atoms with Crippen molar-refractivity contribution in [2.24, 2.45) is 0 Å². The van der Waals surface area contributed by atoms with Gasteiger partial charge in [-0.2, -0.15) is 0 Å². The highest BCUT2D eigenvalue weighted by Crippen LogP contribution is 2.42. The number of phenols is 2. The quantitative estimate of drug-likeness (QED) is 0.337. The van der Waals surface area contributed by atoms with Gasteiger partial charge in [0.05, 0.1) is 6.61 Å². The zero-order valence-electron chi connectivity index (χ0n) is 26.0. The maximum atomic E-state index is 13.3. The minimum Gasteiger partial charge on any atom is -0.507 e. The van der Waals surface area contributed by atoms with Crippen molar-refractivity contribution in [3.05, 3.63) is 57.6 Å². The first-order valence-corrected chi connectivity index (χ1v) is 13.7. The van der Waals surface area contributed by atoms with E-state index in [0.717, 1.165) is 33.4 Å². The second-order valence-corrected chi connectivity index (χ2v) is 14.6. The summed E-state index contributed by atoms with van der Waals surface area (Å²) in [5.41, 5.74) is 3.96. The molecule has 0 aliphatic heterocycles. The van der Waals surface area contributed by atoms with Crippen LogP contribution in [0.4, 0.5) is 0 Å². The van der Waals surface area contributed by atoms with Gasteiger partial charge in [-0.1, -0.05) is 95.2 Å². The molecule has 0 heterocycles. The van der Waals surface area contributed by atoms with Crippen LogP contribution in [0.1, 0.15) is 129 Å². The van der Waals surface area contributed by atoms with E-state index in [1.165, 1.54) is 0 Å². The molecule has 2 rings (SSSR count). The summed E-state index contributed by atoms with van der Waals surface area (Å²) in [6.07, 6.45) is 0. The van der Waals surface area contributed by atoms with E-state index in [1.807, 2.05) is 24.3 Å². The third-order valence-corrected chi connectivity index (χ3v) is 6.90. The van der Waals surface area contributed by atoms with E-state index in [1.54, 1.807) is 6.92 Å². The predicted molar refractivity (Wildman–Crippen MR) is 157 cm³/mol. The number of carbonyl (C=O) groups is 1. The topological polar surface area (TPSA) is 78.8 Å². The molecule has 38 heavy (non-hydrogen) atoms. The minimum absolute atomic E-state index is 0.249. The SMILES string of the molecule is CCOC(=O)C(NCc1cc(C(C)(C)C)c(O)c(C(C)(C)C)c1)c1cc(C(C)(C)C)c(O)c(C(C)(C)C)c1. The minimum atomic E-state index is -0.720. The molecule has 212 valence electrons. The summed E-state index contributed by atoms with van der Waals surface area (Å²) in [4.78, 5) is 13.3. The number of carbonyl (C=O) groups excluding carboxylic acids is 1. The summed E-state index contributed by atoms with van der Waals surface area (Å²) in [5, 5.41) is 25.8. The molecule has 5 nitrogen and oxygen atoms in total. The van der Waals surface area contributed by atoms with Gasteiger partial charge < -0.3 is 14.9 Å². The molecule has 0 saturated heterocycles. The fraction of sp³-hybridized carbons (Fsp3) is 0.606. The summed E-state index contributed by atoms with van der Waals surface area (Å²) in [6.45, 7) is 27.4. The molecule has 5 heteroatoms. The Morgan fingerprint density at radius 2 is 1.05 bits per heavy atom. The van der Waals surface area contributed by atoms with E-state index in [2.05, 4.69) is 88.4 Å². The van der Waals surface area contributed by atoms with Crippen LogP contribution in [-0.4, -0.2) is 22.8 Å². The fourth-order valence-corrected chi connectivity index (χ4v) is 4.69. The highest BCUT2D eigenvalue weighted by Gasteiger charge is 2.31. The van der Waals surface area contributed by atoms with Crippen molar-refractivity contribution in [3.63, 3.8) is 0 Å². The number of benzene rings is 2. The maximum Gasteiger partial charge on any atom is 0.327 e. The van der Waals surface area contributed by atoms with Crippen LogP contribution < -0.4 is 5.32 Å². The average Bonchev–Trinajstić information content (AvgIpc) is 2.72. The monoisotopic (exact) mass is 525 g/mol. The Hall–Kier alpha value is -2.53. The number of phenolic OH excluding ortho intramolecular Hbond substituents is 2. The van der Waals surface area contributed by atoms with Crippen LogP contribution in [0.3, 0.4) is 0 Å². The summed E-state index contributed by atoms with van der Waals surface area (Å²) < 4.78 is 5.50. The number of esters is 1. The van der Waals surface area contributed by atoms with Crippen LogP contribution in [0.2, 0.25) is 0 Å². The normalized spacial score (nSPS) is 13.9. The van der Waals surface area contributed by atoms with Gasteiger partial charge in [-0.25, -0.2) is 4.79 Å². The number of rotatable bonds is 6. The van der Waals surface area contributed by atoms with Crippen LogP contribution >= 0.6 is 0 Å². The van der Waals surface area contributed by atoms with Crippen LogP contribution in [0.5, 0.6) is 11.5 Å². The largest absolute Gasteiger partial charge is 0.507 e. The highest BCUT2D eigenvalue weighted by molar-refractivity contribution is 5.78. The third-order valence-electron chi connectivity index (χ3n) is 6.90. The van der Waals surface area contributed by atoms with Gasteiger partial charge in [0.25, 0.3) is 0 Å². The van der Waals surface area contributed by atoms with Crippen LogP contribution in [0.15, 0.2) is 24.3 Å². The molecule has 0 bridgehead atoms.